The van der Waals surface area contributed by atoms with E-state index in [9.17, 15) is 24.0 Å². The number of aliphatic carboxylic acids is 1. The third kappa shape index (κ3) is 10.6. The Morgan fingerprint density at radius 1 is 0.667 bits per heavy atom. The second kappa shape index (κ2) is 10.9. The van der Waals surface area contributed by atoms with Gasteiger partial charge in [0.1, 0.15) is 17.3 Å². The van der Waals surface area contributed by atoms with Crippen molar-refractivity contribution in [2.75, 3.05) is 0 Å². The van der Waals surface area contributed by atoms with Crippen LogP contribution in [0.25, 0.3) is 0 Å². The molecule has 0 bridgehead atoms. The molecule has 0 unspecified atom stereocenters. The van der Waals surface area contributed by atoms with Gasteiger partial charge in [0.2, 0.25) is 5.78 Å². The first-order chi connectivity index (χ1) is 9.86. The van der Waals surface area contributed by atoms with Crippen LogP contribution in [0.15, 0.2) is 0 Å². The quantitative estimate of drug-likeness (QED) is 0.520. The van der Waals surface area contributed by atoms with E-state index < -0.39 is 11.8 Å². The molecule has 1 N–H and O–H groups in total. The van der Waals surface area contributed by atoms with Crippen molar-refractivity contribution in [3.63, 3.8) is 0 Å². The molecular formula is C15H22O6. The molecule has 0 aromatic carbocycles. The molecule has 0 aromatic rings. The predicted molar refractivity (Wildman–Crippen MR) is 74.9 cm³/mol. The second-order valence-electron chi connectivity index (χ2n) is 4.95. The van der Waals surface area contributed by atoms with E-state index in [0.717, 1.165) is 12.8 Å². The van der Waals surface area contributed by atoms with Crippen molar-refractivity contribution < 1.29 is 29.1 Å². The number of carbonyl (C=O) groups is 5. The molecule has 0 aliphatic rings. The largest absolute Gasteiger partial charge is 0.476 e. The molecule has 0 aromatic heterocycles. The highest BCUT2D eigenvalue weighted by molar-refractivity contribution is 6.32. The first-order valence-corrected chi connectivity index (χ1v) is 7.18. The van der Waals surface area contributed by atoms with Crippen LogP contribution >= 0.6 is 0 Å². The van der Waals surface area contributed by atoms with Crippen LogP contribution in [-0.2, 0) is 24.0 Å². The molecule has 0 rings (SSSR count). The molecule has 6 nitrogen and oxygen atoms in total. The normalized spacial score (nSPS) is 10.1. The van der Waals surface area contributed by atoms with E-state index in [1.54, 1.807) is 0 Å². The number of ketones is 4. The lowest BCUT2D eigenvalue weighted by molar-refractivity contribution is -0.149. The minimum absolute atomic E-state index is 0.00508. The van der Waals surface area contributed by atoms with E-state index in [-0.39, 0.29) is 55.9 Å². The smallest absolute Gasteiger partial charge is 0.372 e. The Balaban J connectivity index is 3.77. The standard InChI is InChI=1S/C15H22O6/c1-2-3-4-11(16)5-6-12(17)7-8-13(18)9-10-14(19)15(20)21/h2-10H2,1H3,(H,20,21). The monoisotopic (exact) mass is 298 g/mol. The molecule has 0 amide bonds. The van der Waals surface area contributed by atoms with E-state index in [1.807, 2.05) is 6.92 Å². The minimum atomic E-state index is -1.55. The van der Waals surface area contributed by atoms with Gasteiger partial charge in [0.25, 0.3) is 0 Å². The second-order valence-corrected chi connectivity index (χ2v) is 4.95. The van der Waals surface area contributed by atoms with Gasteiger partial charge < -0.3 is 5.11 Å². The fraction of sp³-hybridized carbons (Fsp3) is 0.667. The minimum Gasteiger partial charge on any atom is -0.476 e. The maximum Gasteiger partial charge on any atom is 0.372 e. The number of rotatable bonds is 13. The number of Topliss-reactive ketones (excluding diaryl/α,β-unsaturated/α-hetero) is 4. The Bertz CT molecular complexity index is 410. The van der Waals surface area contributed by atoms with E-state index in [0.29, 0.717) is 6.42 Å². The number of carbonyl (C=O) groups excluding carboxylic acids is 4. The van der Waals surface area contributed by atoms with Gasteiger partial charge in [-0.3, -0.25) is 19.2 Å². The lowest BCUT2D eigenvalue weighted by Crippen LogP contribution is -2.14. The highest BCUT2D eigenvalue weighted by Crippen LogP contribution is 2.06. The van der Waals surface area contributed by atoms with Gasteiger partial charge in [0, 0.05) is 44.9 Å². The molecule has 0 aliphatic carbocycles. The van der Waals surface area contributed by atoms with Crippen LogP contribution < -0.4 is 0 Å². The summed E-state index contributed by atoms with van der Waals surface area (Å²) in [5.41, 5.74) is 0. The van der Waals surface area contributed by atoms with E-state index in [2.05, 4.69) is 0 Å². The van der Waals surface area contributed by atoms with Crippen molar-refractivity contribution >= 4 is 29.1 Å². The molecule has 0 fully saturated rings. The topological polar surface area (TPSA) is 106 Å². The van der Waals surface area contributed by atoms with Crippen LogP contribution in [0.3, 0.4) is 0 Å². The van der Waals surface area contributed by atoms with Crippen LogP contribution in [0.1, 0.15) is 64.7 Å². The first-order valence-electron chi connectivity index (χ1n) is 7.18. The Labute approximate surface area is 123 Å². The zero-order valence-corrected chi connectivity index (χ0v) is 12.4. The molecule has 118 valence electrons. The summed E-state index contributed by atoms with van der Waals surface area (Å²) in [4.78, 5) is 55.3. The fourth-order valence-corrected chi connectivity index (χ4v) is 1.67. The molecule has 0 aliphatic heterocycles. The number of carboxylic acids is 1. The molecule has 0 radical (unpaired) electrons. The molecule has 0 atom stereocenters. The summed E-state index contributed by atoms with van der Waals surface area (Å²) in [6, 6.07) is 0. The van der Waals surface area contributed by atoms with Crippen molar-refractivity contribution in [3.05, 3.63) is 0 Å². The molecular weight excluding hydrogens is 276 g/mol. The van der Waals surface area contributed by atoms with Gasteiger partial charge in [0.05, 0.1) is 0 Å². The summed E-state index contributed by atoms with van der Waals surface area (Å²) in [6.07, 6.45) is 2.14. The lowest BCUT2D eigenvalue weighted by atomic mass is 10.0. The maximum atomic E-state index is 11.5. The Hall–Kier alpha value is -1.85. The zero-order valence-electron chi connectivity index (χ0n) is 12.4. The third-order valence-electron chi connectivity index (χ3n) is 3.04. The predicted octanol–water partition coefficient (Wildman–Crippen LogP) is 1.88. The number of carboxylic acid groups (broad SMARTS) is 1. The maximum absolute atomic E-state index is 11.5. The van der Waals surface area contributed by atoms with Gasteiger partial charge in [-0.2, -0.15) is 0 Å². The van der Waals surface area contributed by atoms with E-state index in [4.69, 9.17) is 5.11 Å². The zero-order chi connectivity index (χ0) is 16.3. The van der Waals surface area contributed by atoms with Crippen molar-refractivity contribution in [1.82, 2.24) is 0 Å². The number of unbranched alkanes of at least 4 members (excludes halogenated alkanes) is 1. The number of hydrogen-bond acceptors (Lipinski definition) is 5. The van der Waals surface area contributed by atoms with Crippen molar-refractivity contribution in [3.8, 4) is 0 Å². The summed E-state index contributed by atoms with van der Waals surface area (Å²) < 4.78 is 0. The molecule has 0 spiro atoms. The van der Waals surface area contributed by atoms with Crippen LogP contribution in [0, 0.1) is 0 Å². The molecule has 0 saturated heterocycles. The summed E-state index contributed by atoms with van der Waals surface area (Å²) in [5.74, 6) is -2.96. The summed E-state index contributed by atoms with van der Waals surface area (Å²) in [5, 5.41) is 8.35. The van der Waals surface area contributed by atoms with Crippen LogP contribution in [0.2, 0.25) is 0 Å². The molecule has 6 heteroatoms. The first kappa shape index (κ1) is 19.1. The summed E-state index contributed by atoms with van der Waals surface area (Å²) in [7, 11) is 0. The molecule has 0 heterocycles. The Morgan fingerprint density at radius 3 is 1.43 bits per heavy atom. The van der Waals surface area contributed by atoms with Crippen LogP contribution in [0.4, 0.5) is 0 Å². The van der Waals surface area contributed by atoms with Crippen LogP contribution in [0.5, 0.6) is 0 Å². The summed E-state index contributed by atoms with van der Waals surface area (Å²) >= 11 is 0. The van der Waals surface area contributed by atoms with E-state index in [1.165, 1.54) is 0 Å². The van der Waals surface area contributed by atoms with E-state index >= 15 is 0 Å². The SMILES string of the molecule is CCCCC(=O)CCC(=O)CCC(=O)CCC(=O)C(=O)O. The van der Waals surface area contributed by atoms with Crippen molar-refractivity contribution in [2.24, 2.45) is 0 Å². The number of hydrogen-bond donors (Lipinski definition) is 1. The van der Waals surface area contributed by atoms with Gasteiger partial charge in [-0.15, -0.1) is 0 Å². The average molecular weight is 298 g/mol. The average Bonchev–Trinajstić information content (AvgIpc) is 2.45. The highest BCUT2D eigenvalue weighted by atomic mass is 16.4. The van der Waals surface area contributed by atoms with Gasteiger partial charge >= 0.3 is 5.97 Å². The Kier molecular flexibility index (Phi) is 9.92. The van der Waals surface area contributed by atoms with Gasteiger partial charge in [-0.05, 0) is 6.42 Å². The summed E-state index contributed by atoms with van der Waals surface area (Å²) in [6.45, 7) is 1.99. The van der Waals surface area contributed by atoms with Gasteiger partial charge in [-0.1, -0.05) is 13.3 Å². The molecule has 0 saturated carbocycles. The van der Waals surface area contributed by atoms with Crippen molar-refractivity contribution in [2.45, 2.75) is 64.7 Å². The highest BCUT2D eigenvalue weighted by Gasteiger charge is 2.14. The third-order valence-corrected chi connectivity index (χ3v) is 3.04. The molecule has 21 heavy (non-hydrogen) atoms. The lowest BCUT2D eigenvalue weighted by Gasteiger charge is -2.01. The van der Waals surface area contributed by atoms with Gasteiger partial charge in [-0.25, -0.2) is 4.79 Å². The van der Waals surface area contributed by atoms with Crippen molar-refractivity contribution in [1.29, 1.82) is 0 Å². The fourth-order valence-electron chi connectivity index (χ4n) is 1.67. The van der Waals surface area contributed by atoms with Gasteiger partial charge in [0.15, 0.2) is 0 Å². The Morgan fingerprint density at radius 2 is 1.05 bits per heavy atom. The van der Waals surface area contributed by atoms with Crippen LogP contribution in [-0.4, -0.2) is 34.2 Å².